The number of hydrogen-bond donors (Lipinski definition) is 1. The van der Waals surface area contributed by atoms with Crippen molar-refractivity contribution in [3.05, 3.63) is 28.8 Å². The Morgan fingerprint density at radius 1 is 1.17 bits per heavy atom. The van der Waals surface area contributed by atoms with Crippen molar-refractivity contribution in [1.29, 1.82) is 0 Å². The first kappa shape index (κ1) is 23.9. The molecule has 30 heavy (non-hydrogen) atoms. The highest BCUT2D eigenvalue weighted by Crippen LogP contribution is 2.36. The lowest BCUT2D eigenvalue weighted by molar-refractivity contribution is -0.144. The molecule has 1 atom stereocenters. The number of imide groups is 1. The maximum atomic E-state index is 13.3. The molecule has 8 heteroatoms. The van der Waals surface area contributed by atoms with Crippen LogP contribution in [0.15, 0.2) is 18.2 Å². The lowest BCUT2D eigenvalue weighted by Gasteiger charge is -2.26. The van der Waals surface area contributed by atoms with Crippen molar-refractivity contribution in [2.24, 2.45) is 0 Å². The second-order valence-corrected chi connectivity index (χ2v) is 8.14. The van der Waals surface area contributed by atoms with E-state index in [0.717, 1.165) is 18.4 Å². The van der Waals surface area contributed by atoms with Crippen molar-refractivity contribution in [3.8, 4) is 0 Å². The molecule has 1 unspecified atom stereocenters. The standard InChI is InChI=1S/C22H29ClN2O5/c1-5-7-11-22(12-8-6-2)20(28)25(21(29)30-22)18(15(4)26)19(27)24-17-13-14(3)9-10-16(17)23/h9-10,13,18H,5-8,11-12H2,1-4H3,(H,24,27). The van der Waals surface area contributed by atoms with Crippen LogP contribution in [0.1, 0.15) is 64.9 Å². The number of aryl methyl sites for hydroxylation is 1. The summed E-state index contributed by atoms with van der Waals surface area (Å²) in [6, 6.07) is 3.42. The SMILES string of the molecule is CCCCC1(CCCC)OC(=O)N(C(C(C)=O)C(=O)Nc2cc(C)ccc2Cl)C1=O. The van der Waals surface area contributed by atoms with E-state index in [1.165, 1.54) is 6.92 Å². The van der Waals surface area contributed by atoms with Gasteiger partial charge in [0, 0.05) is 0 Å². The number of carbonyl (C=O) groups is 4. The zero-order valence-corrected chi connectivity index (χ0v) is 18.7. The van der Waals surface area contributed by atoms with E-state index in [9.17, 15) is 19.2 Å². The number of amides is 3. The highest BCUT2D eigenvalue weighted by Gasteiger charge is 2.57. The quantitative estimate of drug-likeness (QED) is 0.539. The summed E-state index contributed by atoms with van der Waals surface area (Å²) in [5.74, 6) is -2.06. The predicted octanol–water partition coefficient (Wildman–Crippen LogP) is 4.64. The number of ether oxygens (including phenoxy) is 1. The molecule has 2 rings (SSSR count). The molecule has 0 spiro atoms. The number of nitrogens with zero attached hydrogens (tertiary/aromatic N) is 1. The van der Waals surface area contributed by atoms with Gasteiger partial charge in [0.2, 0.25) is 0 Å². The lowest BCUT2D eigenvalue weighted by Crippen LogP contribution is -2.53. The molecule has 3 amide bonds. The third-order valence-corrected chi connectivity index (χ3v) is 5.56. The monoisotopic (exact) mass is 436 g/mol. The molecule has 0 radical (unpaired) electrons. The smallest absolute Gasteiger partial charge is 0.418 e. The number of Topliss-reactive ketones (excluding diaryl/α,β-unsaturated/α-hetero) is 1. The molecule has 1 aromatic carbocycles. The van der Waals surface area contributed by atoms with Gasteiger partial charge in [0.05, 0.1) is 10.7 Å². The average molecular weight is 437 g/mol. The lowest BCUT2D eigenvalue weighted by atomic mass is 9.89. The summed E-state index contributed by atoms with van der Waals surface area (Å²) in [6.45, 7) is 6.94. The Morgan fingerprint density at radius 2 is 1.77 bits per heavy atom. The molecule has 1 aliphatic heterocycles. The predicted molar refractivity (Wildman–Crippen MR) is 114 cm³/mol. The van der Waals surface area contributed by atoms with E-state index in [4.69, 9.17) is 16.3 Å². The summed E-state index contributed by atoms with van der Waals surface area (Å²) in [4.78, 5) is 51.9. The van der Waals surface area contributed by atoms with Crippen LogP contribution in [-0.2, 0) is 19.1 Å². The molecule has 1 saturated heterocycles. The second kappa shape index (κ2) is 10.1. The Balaban J connectivity index is 2.34. The van der Waals surface area contributed by atoms with E-state index in [1.54, 1.807) is 18.2 Å². The van der Waals surface area contributed by atoms with Crippen LogP contribution in [0.5, 0.6) is 0 Å². The van der Waals surface area contributed by atoms with Crippen LogP contribution in [0.2, 0.25) is 5.02 Å². The maximum absolute atomic E-state index is 13.3. The van der Waals surface area contributed by atoms with E-state index in [-0.39, 0.29) is 5.02 Å². The summed E-state index contributed by atoms with van der Waals surface area (Å²) in [7, 11) is 0. The van der Waals surface area contributed by atoms with Gasteiger partial charge in [-0.1, -0.05) is 44.4 Å². The number of carbonyl (C=O) groups excluding carboxylic acids is 4. The Morgan fingerprint density at radius 3 is 2.30 bits per heavy atom. The number of nitrogens with one attached hydrogen (secondary N) is 1. The van der Waals surface area contributed by atoms with Crippen molar-refractivity contribution in [2.75, 3.05) is 5.32 Å². The van der Waals surface area contributed by atoms with E-state index in [2.05, 4.69) is 5.32 Å². The second-order valence-electron chi connectivity index (χ2n) is 7.73. The first-order valence-corrected chi connectivity index (χ1v) is 10.7. The molecule has 7 nitrogen and oxygen atoms in total. The Kier molecular flexibility index (Phi) is 8.01. The number of benzene rings is 1. The van der Waals surface area contributed by atoms with Crippen LogP contribution >= 0.6 is 11.6 Å². The van der Waals surface area contributed by atoms with E-state index in [1.807, 2.05) is 20.8 Å². The molecule has 1 heterocycles. The van der Waals surface area contributed by atoms with Crippen molar-refractivity contribution in [2.45, 2.75) is 77.9 Å². The largest absolute Gasteiger partial charge is 0.432 e. The summed E-state index contributed by atoms with van der Waals surface area (Å²) >= 11 is 6.13. The first-order chi connectivity index (χ1) is 14.2. The molecular weight excluding hydrogens is 408 g/mol. The van der Waals surface area contributed by atoms with Gasteiger partial charge >= 0.3 is 6.09 Å². The number of unbranched alkanes of at least 4 members (excludes halogenated alkanes) is 2. The van der Waals surface area contributed by atoms with Crippen molar-refractivity contribution >= 4 is 41.0 Å². The Labute approximate surface area is 182 Å². The summed E-state index contributed by atoms with van der Waals surface area (Å²) in [6.07, 6.45) is 2.78. The minimum atomic E-state index is -1.62. The fraction of sp³-hybridized carbons (Fsp3) is 0.545. The van der Waals surface area contributed by atoms with Crippen LogP contribution in [0.25, 0.3) is 0 Å². The van der Waals surface area contributed by atoms with Gasteiger partial charge < -0.3 is 10.1 Å². The van der Waals surface area contributed by atoms with Gasteiger partial charge in [-0.05, 0) is 57.2 Å². The molecule has 0 aromatic heterocycles. The normalized spacial score (nSPS) is 16.4. The van der Waals surface area contributed by atoms with Crippen LogP contribution in [-0.4, -0.2) is 40.2 Å². The number of rotatable bonds is 10. The molecule has 0 saturated carbocycles. The van der Waals surface area contributed by atoms with Gasteiger partial charge in [-0.3, -0.25) is 14.4 Å². The molecular formula is C22H29ClN2O5. The van der Waals surface area contributed by atoms with Gasteiger partial charge in [0.15, 0.2) is 17.4 Å². The molecule has 164 valence electrons. The number of ketones is 1. The average Bonchev–Trinajstić information content (AvgIpc) is 2.92. The number of anilines is 1. The van der Waals surface area contributed by atoms with Gasteiger partial charge in [0.1, 0.15) is 0 Å². The fourth-order valence-electron chi connectivity index (χ4n) is 3.57. The van der Waals surface area contributed by atoms with E-state index in [0.29, 0.717) is 36.3 Å². The van der Waals surface area contributed by atoms with Gasteiger partial charge in [-0.25, -0.2) is 9.69 Å². The zero-order chi connectivity index (χ0) is 22.5. The van der Waals surface area contributed by atoms with Crippen LogP contribution < -0.4 is 5.32 Å². The minimum absolute atomic E-state index is 0.284. The topological polar surface area (TPSA) is 92.8 Å². The highest BCUT2D eigenvalue weighted by atomic mass is 35.5. The van der Waals surface area contributed by atoms with Crippen LogP contribution in [0.3, 0.4) is 0 Å². The molecule has 1 fully saturated rings. The summed E-state index contributed by atoms with van der Waals surface area (Å²) in [5.41, 5.74) is -0.169. The van der Waals surface area contributed by atoms with Gasteiger partial charge in [-0.15, -0.1) is 0 Å². The number of halogens is 1. The number of hydrogen-bond acceptors (Lipinski definition) is 5. The maximum Gasteiger partial charge on any atom is 0.418 e. The Hall–Kier alpha value is -2.41. The molecule has 0 bridgehead atoms. The van der Waals surface area contributed by atoms with Crippen molar-refractivity contribution in [3.63, 3.8) is 0 Å². The van der Waals surface area contributed by atoms with Crippen LogP contribution in [0, 0.1) is 6.92 Å². The zero-order valence-electron chi connectivity index (χ0n) is 17.9. The van der Waals surface area contributed by atoms with Crippen molar-refractivity contribution in [1.82, 2.24) is 4.90 Å². The van der Waals surface area contributed by atoms with Crippen molar-refractivity contribution < 1.29 is 23.9 Å². The van der Waals surface area contributed by atoms with Gasteiger partial charge in [0.25, 0.3) is 11.8 Å². The molecule has 0 aliphatic carbocycles. The molecule has 1 N–H and O–H groups in total. The summed E-state index contributed by atoms with van der Waals surface area (Å²) in [5, 5.41) is 2.85. The number of cyclic esters (lactones) is 1. The third kappa shape index (κ3) is 5.01. The highest BCUT2D eigenvalue weighted by molar-refractivity contribution is 6.34. The van der Waals surface area contributed by atoms with E-state index >= 15 is 0 Å². The van der Waals surface area contributed by atoms with E-state index < -0.39 is 35.3 Å². The minimum Gasteiger partial charge on any atom is -0.432 e. The fourth-order valence-corrected chi connectivity index (χ4v) is 3.74. The molecule has 1 aromatic rings. The Bertz CT molecular complexity index is 831. The third-order valence-electron chi connectivity index (χ3n) is 5.23. The first-order valence-electron chi connectivity index (χ1n) is 10.3. The van der Waals surface area contributed by atoms with Gasteiger partial charge in [-0.2, -0.15) is 0 Å². The van der Waals surface area contributed by atoms with Crippen LogP contribution in [0.4, 0.5) is 10.5 Å². The molecule has 1 aliphatic rings. The summed E-state index contributed by atoms with van der Waals surface area (Å²) < 4.78 is 5.53.